The van der Waals surface area contributed by atoms with Gasteiger partial charge in [-0.05, 0) is 55.4 Å². The van der Waals surface area contributed by atoms with E-state index >= 15 is 0 Å². The molecule has 1 saturated heterocycles. The molecule has 0 radical (unpaired) electrons. The minimum absolute atomic E-state index is 0.0641. The third-order valence-electron chi connectivity index (χ3n) is 8.87. The Bertz CT molecular complexity index is 1460. The number of aliphatic hydroxyl groups is 1. The average molecular weight is 629 g/mol. The van der Waals surface area contributed by atoms with Crippen LogP contribution in [0.15, 0.2) is 72.8 Å². The molecule has 1 heterocycles. The minimum atomic E-state index is -1.28. The van der Waals surface area contributed by atoms with Crippen molar-refractivity contribution >= 4 is 17.6 Å². The van der Waals surface area contributed by atoms with Crippen molar-refractivity contribution in [1.82, 2.24) is 10.2 Å². The highest BCUT2D eigenvalue weighted by Crippen LogP contribution is 2.33. The number of rotatable bonds is 16. The SMILES string of the molecule is Cc1cc(C)c(OCC(=O)[C@@H](C(N)c2ccccc2)[C@@H](O)C[C@H](C(=O)CC(C)CN2CCNC2=O)C(N)c2ccccc2)c(C)c1. The van der Waals surface area contributed by atoms with Gasteiger partial charge in [0.2, 0.25) is 0 Å². The van der Waals surface area contributed by atoms with Crippen LogP contribution in [-0.4, -0.2) is 59.9 Å². The molecule has 46 heavy (non-hydrogen) atoms. The number of carbonyl (C=O) groups is 3. The molecule has 6 N–H and O–H groups in total. The number of ether oxygens (including phenoxy) is 1. The molecule has 6 atom stereocenters. The number of amides is 2. The van der Waals surface area contributed by atoms with E-state index in [1.807, 2.05) is 100 Å². The van der Waals surface area contributed by atoms with Gasteiger partial charge in [0, 0.05) is 44.1 Å². The van der Waals surface area contributed by atoms with Crippen LogP contribution in [0.25, 0.3) is 0 Å². The Balaban J connectivity index is 1.59. The van der Waals surface area contributed by atoms with Crippen LogP contribution < -0.4 is 21.5 Å². The van der Waals surface area contributed by atoms with Gasteiger partial charge in [-0.25, -0.2) is 4.79 Å². The molecule has 9 nitrogen and oxygen atoms in total. The number of nitrogens with two attached hydrogens (primary N) is 2. The Hall–Kier alpha value is -4.05. The van der Waals surface area contributed by atoms with Gasteiger partial charge in [-0.2, -0.15) is 0 Å². The van der Waals surface area contributed by atoms with Crippen LogP contribution in [0.3, 0.4) is 0 Å². The number of ketones is 2. The Labute approximate surface area is 272 Å². The van der Waals surface area contributed by atoms with Gasteiger partial charge in [-0.1, -0.05) is 85.3 Å². The van der Waals surface area contributed by atoms with Gasteiger partial charge in [0.05, 0.1) is 12.0 Å². The van der Waals surface area contributed by atoms with Crippen molar-refractivity contribution < 1.29 is 24.2 Å². The van der Waals surface area contributed by atoms with Crippen molar-refractivity contribution in [1.29, 1.82) is 0 Å². The number of nitrogens with zero attached hydrogens (tertiary/aromatic N) is 1. The molecular formula is C37H48N4O5. The first-order chi connectivity index (χ1) is 22.0. The van der Waals surface area contributed by atoms with E-state index in [1.54, 1.807) is 4.90 Å². The van der Waals surface area contributed by atoms with Crippen molar-refractivity contribution in [2.24, 2.45) is 29.2 Å². The number of urea groups is 1. The molecule has 0 bridgehead atoms. The summed E-state index contributed by atoms with van der Waals surface area (Å²) in [5, 5.41) is 14.6. The summed E-state index contributed by atoms with van der Waals surface area (Å²) < 4.78 is 6.05. The number of benzene rings is 3. The van der Waals surface area contributed by atoms with Crippen LogP contribution in [0, 0.1) is 38.5 Å². The first-order valence-electron chi connectivity index (χ1n) is 16.0. The summed E-state index contributed by atoms with van der Waals surface area (Å²) in [7, 11) is 0. The van der Waals surface area contributed by atoms with Gasteiger partial charge in [-0.15, -0.1) is 0 Å². The van der Waals surface area contributed by atoms with Crippen molar-refractivity contribution in [3.05, 3.63) is 101 Å². The van der Waals surface area contributed by atoms with Crippen LogP contribution in [-0.2, 0) is 9.59 Å². The molecule has 246 valence electrons. The van der Waals surface area contributed by atoms with E-state index < -0.39 is 30.0 Å². The number of aliphatic hydroxyl groups excluding tert-OH is 1. The monoisotopic (exact) mass is 628 g/mol. The Morgan fingerprint density at radius 3 is 2.02 bits per heavy atom. The van der Waals surface area contributed by atoms with E-state index in [9.17, 15) is 19.5 Å². The Kier molecular flexibility index (Phi) is 12.1. The van der Waals surface area contributed by atoms with Crippen molar-refractivity contribution in [2.45, 2.75) is 58.7 Å². The largest absolute Gasteiger partial charge is 0.485 e. The summed E-state index contributed by atoms with van der Waals surface area (Å²) in [6.45, 7) is 9.11. The summed E-state index contributed by atoms with van der Waals surface area (Å²) in [4.78, 5) is 41.7. The summed E-state index contributed by atoms with van der Waals surface area (Å²) in [5.41, 5.74) is 17.8. The van der Waals surface area contributed by atoms with E-state index in [0.29, 0.717) is 30.9 Å². The Morgan fingerprint density at radius 2 is 1.48 bits per heavy atom. The van der Waals surface area contributed by atoms with Crippen molar-refractivity contribution in [2.75, 3.05) is 26.2 Å². The van der Waals surface area contributed by atoms with Crippen LogP contribution in [0.2, 0.25) is 0 Å². The zero-order valence-corrected chi connectivity index (χ0v) is 27.3. The third-order valence-corrected chi connectivity index (χ3v) is 8.87. The van der Waals surface area contributed by atoms with Gasteiger partial charge in [0.1, 0.15) is 18.1 Å². The number of aryl methyl sites for hydroxylation is 3. The lowest BCUT2D eigenvalue weighted by molar-refractivity contribution is -0.132. The third kappa shape index (κ3) is 8.81. The summed E-state index contributed by atoms with van der Waals surface area (Å²) in [5.74, 6) is -1.86. The lowest BCUT2D eigenvalue weighted by Crippen LogP contribution is -2.43. The van der Waals surface area contributed by atoms with Gasteiger partial charge in [0.15, 0.2) is 5.78 Å². The molecule has 1 aliphatic heterocycles. The van der Waals surface area contributed by atoms with Crippen LogP contribution >= 0.6 is 0 Å². The highest BCUT2D eigenvalue weighted by Gasteiger charge is 2.38. The number of Topliss-reactive ketones (excluding diaryl/α,β-unsaturated/α-hetero) is 2. The van der Waals surface area contributed by atoms with E-state index in [2.05, 4.69) is 5.32 Å². The molecule has 0 aliphatic carbocycles. The topological polar surface area (TPSA) is 148 Å². The quantitative estimate of drug-likeness (QED) is 0.182. The Morgan fingerprint density at radius 1 is 0.913 bits per heavy atom. The van der Waals surface area contributed by atoms with Crippen LogP contribution in [0.5, 0.6) is 5.75 Å². The van der Waals surface area contributed by atoms with E-state index in [4.69, 9.17) is 16.2 Å². The molecule has 1 fully saturated rings. The zero-order valence-electron chi connectivity index (χ0n) is 27.3. The number of nitrogens with one attached hydrogen (secondary N) is 1. The molecule has 3 aromatic carbocycles. The summed E-state index contributed by atoms with van der Waals surface area (Å²) >= 11 is 0. The number of hydrogen-bond acceptors (Lipinski definition) is 7. The highest BCUT2D eigenvalue weighted by molar-refractivity contribution is 5.85. The second-order valence-electron chi connectivity index (χ2n) is 12.7. The summed E-state index contributed by atoms with van der Waals surface area (Å²) in [6.07, 6.45) is -1.18. The van der Waals surface area contributed by atoms with Crippen LogP contribution in [0.1, 0.15) is 59.7 Å². The summed E-state index contributed by atoms with van der Waals surface area (Å²) in [6, 6.07) is 20.7. The molecule has 0 aromatic heterocycles. The molecule has 3 unspecified atom stereocenters. The zero-order chi connectivity index (χ0) is 33.4. The second-order valence-corrected chi connectivity index (χ2v) is 12.7. The number of carbonyl (C=O) groups excluding carboxylic acids is 3. The molecule has 0 spiro atoms. The lowest BCUT2D eigenvalue weighted by Gasteiger charge is -2.32. The first-order valence-corrected chi connectivity index (χ1v) is 16.0. The molecule has 0 saturated carbocycles. The second kappa shape index (κ2) is 16.0. The molecule has 2 amide bonds. The fourth-order valence-electron chi connectivity index (χ4n) is 6.58. The van der Waals surface area contributed by atoms with Gasteiger partial charge >= 0.3 is 6.03 Å². The van der Waals surface area contributed by atoms with Gasteiger partial charge in [0.25, 0.3) is 0 Å². The molecule has 4 rings (SSSR count). The van der Waals surface area contributed by atoms with E-state index in [-0.39, 0.29) is 43.0 Å². The highest BCUT2D eigenvalue weighted by atomic mass is 16.5. The average Bonchev–Trinajstić information content (AvgIpc) is 3.43. The maximum atomic E-state index is 14.0. The minimum Gasteiger partial charge on any atom is -0.485 e. The predicted octanol–water partition coefficient (Wildman–Crippen LogP) is 4.56. The van der Waals surface area contributed by atoms with E-state index in [1.165, 1.54) is 0 Å². The normalized spacial score (nSPS) is 17.0. The fourth-order valence-corrected chi connectivity index (χ4v) is 6.58. The van der Waals surface area contributed by atoms with Crippen LogP contribution in [0.4, 0.5) is 4.79 Å². The van der Waals surface area contributed by atoms with Gasteiger partial charge < -0.3 is 31.5 Å². The maximum Gasteiger partial charge on any atom is 0.317 e. The molecule has 1 aliphatic rings. The predicted molar refractivity (Wildman–Crippen MR) is 179 cm³/mol. The lowest BCUT2D eigenvalue weighted by atomic mass is 9.77. The molecule has 9 heteroatoms. The smallest absolute Gasteiger partial charge is 0.317 e. The first kappa shape index (κ1) is 34.8. The molecular weight excluding hydrogens is 580 g/mol. The van der Waals surface area contributed by atoms with E-state index in [0.717, 1.165) is 22.3 Å². The van der Waals surface area contributed by atoms with Crippen molar-refractivity contribution in [3.8, 4) is 5.75 Å². The maximum absolute atomic E-state index is 14.0. The van der Waals surface area contributed by atoms with Crippen molar-refractivity contribution in [3.63, 3.8) is 0 Å². The standard InChI is InChI=1S/C37H48N4O5/c1-23-17-25(3)36(26(4)18-23)46-22-32(44)33(35(39)28-13-9-6-10-14-28)31(43)20-29(34(38)27-11-7-5-8-12-27)30(42)19-24(2)21-41-16-15-40-37(41)45/h5-14,17-18,24,29,31,33-35,43H,15-16,19-22,38-39H2,1-4H3,(H,40,45)/t24?,29-,31+,33+,34?,35?/m1/s1. The molecule has 3 aromatic rings. The van der Waals surface area contributed by atoms with Gasteiger partial charge in [-0.3, -0.25) is 9.59 Å². The fraction of sp³-hybridized carbons (Fsp3) is 0.432. The number of hydrogen-bond donors (Lipinski definition) is 4.